The van der Waals surface area contributed by atoms with Gasteiger partial charge in [-0.25, -0.2) is 9.67 Å². The third kappa shape index (κ3) is 4.74. The summed E-state index contributed by atoms with van der Waals surface area (Å²) in [7, 11) is 0. The highest BCUT2D eigenvalue weighted by Gasteiger charge is 2.23. The number of benzene rings is 1. The molecular formula is C23H27N5O2. The minimum atomic E-state index is -0.508. The first-order valence-electron chi connectivity index (χ1n) is 9.89. The van der Waals surface area contributed by atoms with Crippen LogP contribution < -0.4 is 10.6 Å². The van der Waals surface area contributed by atoms with Gasteiger partial charge in [-0.3, -0.25) is 9.59 Å². The summed E-state index contributed by atoms with van der Waals surface area (Å²) in [6.45, 7) is 9.56. The molecule has 2 heterocycles. The number of aromatic nitrogens is 3. The third-order valence-corrected chi connectivity index (χ3v) is 4.52. The number of anilines is 2. The minimum Gasteiger partial charge on any atom is -0.326 e. The maximum atomic E-state index is 13.0. The Balaban J connectivity index is 1.84. The van der Waals surface area contributed by atoms with Crippen LogP contribution in [0.5, 0.6) is 0 Å². The lowest BCUT2D eigenvalue weighted by atomic mass is 9.95. The lowest BCUT2D eigenvalue weighted by Gasteiger charge is -2.18. The molecule has 0 bridgehead atoms. The van der Waals surface area contributed by atoms with Crippen LogP contribution in [0.15, 0.2) is 54.9 Å². The zero-order chi connectivity index (χ0) is 21.9. The Hall–Kier alpha value is -3.48. The van der Waals surface area contributed by atoms with Crippen LogP contribution in [-0.4, -0.2) is 26.6 Å². The maximum Gasteiger partial charge on any atom is 0.259 e. The van der Waals surface area contributed by atoms with Crippen LogP contribution in [0.4, 0.5) is 11.4 Å². The molecule has 0 fully saturated rings. The molecule has 0 radical (unpaired) electrons. The molecule has 0 aliphatic rings. The molecule has 0 aliphatic carbocycles. The van der Waals surface area contributed by atoms with Crippen molar-refractivity contribution in [2.45, 2.75) is 40.5 Å². The molecular weight excluding hydrogens is 378 g/mol. The van der Waals surface area contributed by atoms with Gasteiger partial charge in [0, 0.05) is 23.0 Å². The number of hydrogen-bond acceptors (Lipinski definition) is 4. The number of pyridine rings is 1. The second kappa shape index (κ2) is 8.49. The second-order valence-electron chi connectivity index (χ2n) is 8.44. The molecule has 30 heavy (non-hydrogen) atoms. The van der Waals surface area contributed by atoms with E-state index in [1.165, 1.54) is 0 Å². The van der Waals surface area contributed by atoms with Gasteiger partial charge in [-0.2, -0.15) is 5.10 Å². The Morgan fingerprint density at radius 1 is 1.00 bits per heavy atom. The summed E-state index contributed by atoms with van der Waals surface area (Å²) < 4.78 is 1.69. The molecule has 2 N–H and O–H groups in total. The van der Waals surface area contributed by atoms with Crippen molar-refractivity contribution in [3.63, 3.8) is 0 Å². The molecule has 0 spiro atoms. The number of rotatable bonds is 5. The largest absolute Gasteiger partial charge is 0.326 e. The van der Waals surface area contributed by atoms with E-state index >= 15 is 0 Å². The van der Waals surface area contributed by atoms with E-state index in [1.807, 2.05) is 52.8 Å². The first-order valence-corrected chi connectivity index (χ1v) is 9.89. The van der Waals surface area contributed by atoms with Crippen molar-refractivity contribution < 1.29 is 9.59 Å². The van der Waals surface area contributed by atoms with Crippen LogP contribution in [0.2, 0.25) is 0 Å². The molecule has 7 heteroatoms. The highest BCUT2D eigenvalue weighted by molar-refractivity contribution is 6.05. The van der Waals surface area contributed by atoms with Gasteiger partial charge >= 0.3 is 0 Å². The molecule has 2 aromatic heterocycles. The standard InChI is InChI=1S/C23H27N5O2/c1-15(2)20-18(14-25-28(20)19-11-6-7-12-24-19)21(29)26-16-9-8-10-17(13-16)27-22(30)23(3,4)5/h6-15H,1-5H3,(H,26,29)(H,27,30). The van der Waals surface area contributed by atoms with Crippen LogP contribution in [0.3, 0.4) is 0 Å². The van der Waals surface area contributed by atoms with E-state index in [0.717, 1.165) is 5.69 Å². The van der Waals surface area contributed by atoms with E-state index < -0.39 is 5.41 Å². The molecule has 0 atom stereocenters. The molecule has 0 saturated carbocycles. The fourth-order valence-electron chi connectivity index (χ4n) is 2.94. The van der Waals surface area contributed by atoms with E-state index in [-0.39, 0.29) is 17.7 Å². The second-order valence-corrected chi connectivity index (χ2v) is 8.44. The Kier molecular flexibility index (Phi) is 6.01. The zero-order valence-corrected chi connectivity index (χ0v) is 17.9. The minimum absolute atomic E-state index is 0.0627. The van der Waals surface area contributed by atoms with Crippen molar-refractivity contribution >= 4 is 23.2 Å². The fourth-order valence-corrected chi connectivity index (χ4v) is 2.94. The van der Waals surface area contributed by atoms with Crippen molar-refractivity contribution in [1.82, 2.24) is 14.8 Å². The summed E-state index contributed by atoms with van der Waals surface area (Å²) in [4.78, 5) is 29.6. The van der Waals surface area contributed by atoms with Gasteiger partial charge in [-0.05, 0) is 36.2 Å². The molecule has 1 aromatic carbocycles. The number of nitrogens with zero attached hydrogens (tertiary/aromatic N) is 3. The normalized spacial score (nSPS) is 11.4. The molecule has 3 aromatic rings. The van der Waals surface area contributed by atoms with E-state index in [1.54, 1.807) is 41.3 Å². The predicted molar refractivity (Wildman–Crippen MR) is 118 cm³/mol. The number of amides is 2. The average Bonchev–Trinajstić information content (AvgIpc) is 3.14. The first kappa shape index (κ1) is 21.2. The van der Waals surface area contributed by atoms with Crippen LogP contribution in [-0.2, 0) is 4.79 Å². The molecule has 2 amide bonds. The number of nitrogens with one attached hydrogen (secondary N) is 2. The summed E-state index contributed by atoms with van der Waals surface area (Å²) in [6, 6.07) is 12.7. The Morgan fingerprint density at radius 3 is 2.30 bits per heavy atom. The zero-order valence-electron chi connectivity index (χ0n) is 17.9. The monoisotopic (exact) mass is 405 g/mol. The van der Waals surface area contributed by atoms with Gasteiger partial charge < -0.3 is 10.6 Å². The van der Waals surface area contributed by atoms with E-state index in [0.29, 0.717) is 22.8 Å². The molecule has 3 rings (SSSR count). The van der Waals surface area contributed by atoms with E-state index in [9.17, 15) is 9.59 Å². The fraction of sp³-hybridized carbons (Fsp3) is 0.304. The molecule has 0 saturated heterocycles. The van der Waals surface area contributed by atoms with Gasteiger partial charge in [0.15, 0.2) is 5.82 Å². The van der Waals surface area contributed by atoms with Gasteiger partial charge in [0.1, 0.15) is 0 Å². The summed E-state index contributed by atoms with van der Waals surface area (Å²) in [5.41, 5.74) is 1.97. The Morgan fingerprint density at radius 2 is 1.70 bits per heavy atom. The Labute approximate surface area is 176 Å². The van der Waals surface area contributed by atoms with Gasteiger partial charge in [0.25, 0.3) is 5.91 Å². The number of hydrogen-bond donors (Lipinski definition) is 2. The third-order valence-electron chi connectivity index (χ3n) is 4.52. The predicted octanol–water partition coefficient (Wildman–Crippen LogP) is 4.63. The van der Waals surface area contributed by atoms with Crippen molar-refractivity contribution in [1.29, 1.82) is 0 Å². The highest BCUT2D eigenvalue weighted by atomic mass is 16.2. The van der Waals surface area contributed by atoms with Crippen molar-refractivity contribution in [2.24, 2.45) is 5.41 Å². The molecule has 0 aliphatic heterocycles. The number of carbonyl (C=O) groups is 2. The van der Waals surface area contributed by atoms with Crippen molar-refractivity contribution in [3.8, 4) is 5.82 Å². The van der Waals surface area contributed by atoms with E-state index in [4.69, 9.17) is 0 Å². The molecule has 7 nitrogen and oxygen atoms in total. The maximum absolute atomic E-state index is 13.0. The van der Waals surface area contributed by atoms with Crippen molar-refractivity contribution in [3.05, 3.63) is 66.1 Å². The summed E-state index contributed by atoms with van der Waals surface area (Å²) in [6.07, 6.45) is 3.25. The molecule has 156 valence electrons. The molecule has 0 unspecified atom stereocenters. The summed E-state index contributed by atoms with van der Waals surface area (Å²) in [5, 5.41) is 10.2. The smallest absolute Gasteiger partial charge is 0.259 e. The highest BCUT2D eigenvalue weighted by Crippen LogP contribution is 2.24. The SMILES string of the molecule is CC(C)c1c(C(=O)Nc2cccc(NC(=O)C(C)(C)C)c2)cnn1-c1ccccn1. The van der Waals surface area contributed by atoms with Gasteiger partial charge in [-0.1, -0.05) is 46.8 Å². The lowest BCUT2D eigenvalue weighted by Crippen LogP contribution is -2.27. The van der Waals surface area contributed by atoms with Crippen LogP contribution in [0.25, 0.3) is 5.82 Å². The van der Waals surface area contributed by atoms with E-state index in [2.05, 4.69) is 20.7 Å². The summed E-state index contributed by atoms with van der Waals surface area (Å²) >= 11 is 0. The van der Waals surface area contributed by atoms with Crippen LogP contribution >= 0.6 is 0 Å². The van der Waals surface area contributed by atoms with Crippen LogP contribution in [0.1, 0.15) is 56.6 Å². The topological polar surface area (TPSA) is 88.9 Å². The summed E-state index contributed by atoms with van der Waals surface area (Å²) in [5.74, 6) is 0.365. The van der Waals surface area contributed by atoms with Gasteiger partial charge in [0.2, 0.25) is 5.91 Å². The van der Waals surface area contributed by atoms with Gasteiger partial charge in [0.05, 0.1) is 17.5 Å². The van der Waals surface area contributed by atoms with Gasteiger partial charge in [-0.15, -0.1) is 0 Å². The quantitative estimate of drug-likeness (QED) is 0.648. The first-order chi connectivity index (χ1) is 14.2. The lowest BCUT2D eigenvalue weighted by molar-refractivity contribution is -0.123. The number of carbonyl (C=O) groups excluding carboxylic acids is 2. The van der Waals surface area contributed by atoms with Crippen molar-refractivity contribution in [2.75, 3.05) is 10.6 Å². The Bertz CT molecular complexity index is 1050. The van der Waals surface area contributed by atoms with Crippen LogP contribution in [0, 0.1) is 5.41 Å². The average molecular weight is 406 g/mol.